The third-order valence-corrected chi connectivity index (χ3v) is 4.09. The fourth-order valence-electron chi connectivity index (χ4n) is 2.77. The summed E-state index contributed by atoms with van der Waals surface area (Å²) < 4.78 is 13.0. The molecule has 0 N–H and O–H groups in total. The second-order valence-electron chi connectivity index (χ2n) is 5.65. The Morgan fingerprint density at radius 1 is 1.08 bits per heavy atom. The molecule has 4 rings (SSSR count). The molecule has 1 saturated heterocycles. The minimum Gasteiger partial charge on any atom is -0.492 e. The second kappa shape index (κ2) is 6.94. The van der Waals surface area contributed by atoms with Gasteiger partial charge in [-0.05, 0) is 24.3 Å². The molecule has 0 unspecified atom stereocenters. The van der Waals surface area contributed by atoms with Gasteiger partial charge in [0, 0.05) is 25.8 Å². The van der Waals surface area contributed by atoms with E-state index in [4.69, 9.17) is 9.47 Å². The van der Waals surface area contributed by atoms with E-state index in [-0.39, 0.29) is 0 Å². The van der Waals surface area contributed by atoms with Crippen LogP contribution in [0.3, 0.4) is 0 Å². The van der Waals surface area contributed by atoms with E-state index in [0.29, 0.717) is 6.61 Å². The highest BCUT2D eigenvalue weighted by Crippen LogP contribution is 2.18. The Balaban J connectivity index is 1.39. The molecule has 1 aromatic carbocycles. The van der Waals surface area contributed by atoms with Crippen LogP contribution in [0.2, 0.25) is 0 Å². The smallest absolute Gasteiger partial charge is 0.166 e. The van der Waals surface area contributed by atoms with Crippen LogP contribution in [0.15, 0.2) is 43.0 Å². The zero-order valence-corrected chi connectivity index (χ0v) is 13.3. The molecule has 0 atom stereocenters. The third-order valence-electron chi connectivity index (χ3n) is 4.09. The van der Waals surface area contributed by atoms with Crippen LogP contribution < -0.4 is 4.74 Å². The highest BCUT2D eigenvalue weighted by Gasteiger charge is 2.10. The van der Waals surface area contributed by atoms with Gasteiger partial charge in [-0.25, -0.2) is 14.6 Å². The molecule has 124 valence electrons. The first kappa shape index (κ1) is 15.0. The van der Waals surface area contributed by atoms with Gasteiger partial charge in [-0.1, -0.05) is 0 Å². The Labute approximate surface area is 139 Å². The van der Waals surface area contributed by atoms with E-state index in [1.165, 1.54) is 6.33 Å². The van der Waals surface area contributed by atoms with Gasteiger partial charge in [-0.2, -0.15) is 5.10 Å². The van der Waals surface area contributed by atoms with Gasteiger partial charge < -0.3 is 9.47 Å². The number of fused-ring (bicyclic) bond motifs is 1. The van der Waals surface area contributed by atoms with Gasteiger partial charge in [-0.3, -0.25) is 4.90 Å². The van der Waals surface area contributed by atoms with Crippen LogP contribution in [0.4, 0.5) is 0 Å². The fraction of sp³-hybridized carbons (Fsp3) is 0.353. The third kappa shape index (κ3) is 3.22. The van der Waals surface area contributed by atoms with Gasteiger partial charge in [0.1, 0.15) is 18.7 Å². The molecular formula is C17H19N5O2. The van der Waals surface area contributed by atoms with Crippen LogP contribution >= 0.6 is 0 Å². The lowest BCUT2D eigenvalue weighted by Gasteiger charge is -2.26. The van der Waals surface area contributed by atoms with Crippen LogP contribution in [0.25, 0.3) is 16.7 Å². The minimum absolute atomic E-state index is 0.678. The topological polar surface area (TPSA) is 65.3 Å². The maximum atomic E-state index is 5.83. The van der Waals surface area contributed by atoms with Crippen molar-refractivity contribution >= 4 is 11.0 Å². The molecule has 3 heterocycles. The number of ether oxygens (including phenoxy) is 2. The maximum absolute atomic E-state index is 5.83. The van der Waals surface area contributed by atoms with E-state index < -0.39 is 0 Å². The van der Waals surface area contributed by atoms with Gasteiger partial charge in [0.2, 0.25) is 0 Å². The molecule has 0 bridgehead atoms. The maximum Gasteiger partial charge on any atom is 0.166 e. The summed E-state index contributed by atoms with van der Waals surface area (Å²) in [5.74, 6) is 0.859. The Morgan fingerprint density at radius 3 is 2.75 bits per heavy atom. The van der Waals surface area contributed by atoms with E-state index in [1.54, 1.807) is 17.1 Å². The zero-order chi connectivity index (χ0) is 16.2. The average Bonchev–Trinajstić information content (AvgIpc) is 3.07. The Morgan fingerprint density at radius 2 is 1.92 bits per heavy atom. The number of hydrogen-bond acceptors (Lipinski definition) is 6. The van der Waals surface area contributed by atoms with Crippen molar-refractivity contribution in [3.8, 4) is 11.4 Å². The average molecular weight is 325 g/mol. The molecule has 0 radical (unpaired) electrons. The minimum atomic E-state index is 0.678. The number of nitrogens with zero attached hydrogens (tertiary/aromatic N) is 5. The van der Waals surface area contributed by atoms with E-state index in [2.05, 4.69) is 20.0 Å². The standard InChI is InChI=1S/C17H19N5O2/c1-3-16(24-10-7-21-5-8-23-9-6-21)4-2-15(1)22-17-14(12-20-22)11-18-13-19-17/h1-4,11-13H,5-10H2. The highest BCUT2D eigenvalue weighted by atomic mass is 16.5. The monoisotopic (exact) mass is 325 g/mol. The lowest BCUT2D eigenvalue weighted by Crippen LogP contribution is -2.38. The molecule has 0 spiro atoms. The van der Waals surface area contributed by atoms with Gasteiger partial charge in [0.05, 0.1) is 30.5 Å². The van der Waals surface area contributed by atoms with Gasteiger partial charge >= 0.3 is 0 Å². The van der Waals surface area contributed by atoms with Crippen LogP contribution in [0.1, 0.15) is 0 Å². The molecule has 1 aliphatic heterocycles. The molecular weight excluding hydrogens is 306 g/mol. The van der Waals surface area contributed by atoms with Crippen LogP contribution in [0, 0.1) is 0 Å². The number of hydrogen-bond donors (Lipinski definition) is 0. The first-order valence-electron chi connectivity index (χ1n) is 8.07. The first-order chi connectivity index (χ1) is 11.9. The largest absolute Gasteiger partial charge is 0.492 e. The Bertz CT molecular complexity index is 796. The van der Waals surface area contributed by atoms with Crippen molar-refractivity contribution in [3.05, 3.63) is 43.0 Å². The van der Waals surface area contributed by atoms with Crippen molar-refractivity contribution in [2.45, 2.75) is 0 Å². The first-order valence-corrected chi connectivity index (χ1v) is 8.07. The molecule has 3 aromatic rings. The predicted molar refractivity (Wildman–Crippen MR) is 89.4 cm³/mol. The molecule has 2 aromatic heterocycles. The summed E-state index contributed by atoms with van der Waals surface area (Å²) in [5, 5.41) is 5.29. The summed E-state index contributed by atoms with van der Waals surface area (Å²) in [7, 11) is 0. The van der Waals surface area contributed by atoms with E-state index >= 15 is 0 Å². The van der Waals surface area contributed by atoms with Crippen LogP contribution in [0.5, 0.6) is 5.75 Å². The van der Waals surface area contributed by atoms with Gasteiger partial charge in [0.15, 0.2) is 5.65 Å². The Hall–Kier alpha value is -2.51. The lowest BCUT2D eigenvalue weighted by molar-refractivity contribution is 0.0322. The molecule has 0 aliphatic carbocycles. The number of morpholine rings is 1. The lowest BCUT2D eigenvalue weighted by atomic mass is 10.3. The van der Waals surface area contributed by atoms with E-state index in [9.17, 15) is 0 Å². The summed E-state index contributed by atoms with van der Waals surface area (Å²) in [6.45, 7) is 5.20. The molecule has 7 heteroatoms. The number of aromatic nitrogens is 4. The Kier molecular flexibility index (Phi) is 4.35. The zero-order valence-electron chi connectivity index (χ0n) is 13.3. The quantitative estimate of drug-likeness (QED) is 0.709. The molecule has 7 nitrogen and oxygen atoms in total. The van der Waals surface area contributed by atoms with Crippen molar-refractivity contribution in [2.75, 3.05) is 39.5 Å². The van der Waals surface area contributed by atoms with Crippen molar-refractivity contribution in [1.82, 2.24) is 24.6 Å². The number of rotatable bonds is 5. The summed E-state index contributed by atoms with van der Waals surface area (Å²) in [6, 6.07) is 7.89. The van der Waals surface area contributed by atoms with Crippen molar-refractivity contribution in [2.24, 2.45) is 0 Å². The van der Waals surface area contributed by atoms with Crippen LogP contribution in [-0.4, -0.2) is 64.1 Å². The summed E-state index contributed by atoms with van der Waals surface area (Å²) in [5.41, 5.74) is 1.75. The van der Waals surface area contributed by atoms with Crippen molar-refractivity contribution in [1.29, 1.82) is 0 Å². The van der Waals surface area contributed by atoms with Gasteiger partial charge in [0.25, 0.3) is 0 Å². The molecule has 1 fully saturated rings. The number of benzene rings is 1. The summed E-state index contributed by atoms with van der Waals surface area (Å²) in [6.07, 6.45) is 5.06. The van der Waals surface area contributed by atoms with E-state index in [1.807, 2.05) is 24.3 Å². The van der Waals surface area contributed by atoms with Gasteiger partial charge in [-0.15, -0.1) is 0 Å². The molecule has 0 amide bonds. The molecule has 0 saturated carbocycles. The second-order valence-corrected chi connectivity index (χ2v) is 5.65. The fourth-order valence-corrected chi connectivity index (χ4v) is 2.77. The molecule has 24 heavy (non-hydrogen) atoms. The highest BCUT2D eigenvalue weighted by molar-refractivity contribution is 5.74. The normalized spacial score (nSPS) is 15.7. The molecule has 1 aliphatic rings. The van der Waals surface area contributed by atoms with E-state index in [0.717, 1.165) is 55.3 Å². The summed E-state index contributed by atoms with van der Waals surface area (Å²) in [4.78, 5) is 10.6. The summed E-state index contributed by atoms with van der Waals surface area (Å²) >= 11 is 0. The SMILES string of the molecule is c1ncc2cnn(-c3ccc(OCCN4CCOCC4)cc3)c2n1. The van der Waals surface area contributed by atoms with Crippen molar-refractivity contribution < 1.29 is 9.47 Å². The predicted octanol–water partition coefficient (Wildman–Crippen LogP) is 1.53. The van der Waals surface area contributed by atoms with Crippen molar-refractivity contribution in [3.63, 3.8) is 0 Å². The van der Waals surface area contributed by atoms with Crippen LogP contribution in [-0.2, 0) is 4.74 Å².